The lowest BCUT2D eigenvalue weighted by Crippen LogP contribution is -2.47. The summed E-state index contributed by atoms with van der Waals surface area (Å²) in [5, 5.41) is 14.6. The van der Waals surface area contributed by atoms with Gasteiger partial charge in [-0.15, -0.1) is 0 Å². The molecule has 2 fully saturated rings. The molecule has 2 unspecified atom stereocenters. The van der Waals surface area contributed by atoms with E-state index in [9.17, 15) is 4.79 Å². The molecule has 0 aromatic carbocycles. The minimum atomic E-state index is -0.754. The van der Waals surface area contributed by atoms with E-state index in [1.165, 1.54) is 0 Å². The maximum Gasteiger partial charge on any atom is 0.234 e. The van der Waals surface area contributed by atoms with E-state index in [0.29, 0.717) is 19.4 Å². The zero-order valence-corrected chi connectivity index (χ0v) is 9.98. The standard InChI is InChI=1S/C11H19N3O3/c1-7-6-8(2-5-17-7)13-10(15)11(3-4-11)9(12)14-16/h7-8,16H,2-6H2,1H3,(H2,12,14)(H,13,15). The molecule has 2 rings (SSSR count). The summed E-state index contributed by atoms with van der Waals surface area (Å²) in [6, 6.07) is 0.134. The highest BCUT2D eigenvalue weighted by atomic mass is 16.5. The highest BCUT2D eigenvalue weighted by Crippen LogP contribution is 2.46. The Morgan fingerprint density at radius 2 is 2.29 bits per heavy atom. The van der Waals surface area contributed by atoms with Crippen molar-refractivity contribution in [1.29, 1.82) is 0 Å². The van der Waals surface area contributed by atoms with Crippen molar-refractivity contribution in [2.24, 2.45) is 16.3 Å². The molecule has 1 saturated carbocycles. The van der Waals surface area contributed by atoms with Gasteiger partial charge in [-0.2, -0.15) is 0 Å². The van der Waals surface area contributed by atoms with Gasteiger partial charge in [0.25, 0.3) is 0 Å². The fraction of sp³-hybridized carbons (Fsp3) is 0.818. The molecular weight excluding hydrogens is 222 g/mol. The van der Waals surface area contributed by atoms with Gasteiger partial charge in [0, 0.05) is 12.6 Å². The van der Waals surface area contributed by atoms with Crippen molar-refractivity contribution in [3.05, 3.63) is 0 Å². The Bertz CT molecular complexity index is 339. The third-order valence-electron chi connectivity index (χ3n) is 3.60. The van der Waals surface area contributed by atoms with E-state index in [-0.39, 0.29) is 23.9 Å². The van der Waals surface area contributed by atoms with E-state index >= 15 is 0 Å². The fourth-order valence-corrected chi connectivity index (χ4v) is 2.27. The Morgan fingerprint density at radius 3 is 2.82 bits per heavy atom. The van der Waals surface area contributed by atoms with E-state index in [4.69, 9.17) is 15.7 Å². The molecule has 96 valence electrons. The van der Waals surface area contributed by atoms with Gasteiger partial charge in [0.1, 0.15) is 5.41 Å². The number of hydrogen-bond donors (Lipinski definition) is 3. The maximum atomic E-state index is 12.1. The molecule has 1 aliphatic heterocycles. The van der Waals surface area contributed by atoms with Crippen LogP contribution in [0.25, 0.3) is 0 Å². The van der Waals surface area contributed by atoms with Gasteiger partial charge in [-0.25, -0.2) is 0 Å². The summed E-state index contributed by atoms with van der Waals surface area (Å²) in [4.78, 5) is 12.1. The lowest BCUT2D eigenvalue weighted by Gasteiger charge is -2.29. The van der Waals surface area contributed by atoms with Crippen LogP contribution < -0.4 is 11.1 Å². The summed E-state index contributed by atoms with van der Waals surface area (Å²) in [6.07, 6.45) is 3.13. The van der Waals surface area contributed by atoms with Crippen LogP contribution in [0.5, 0.6) is 0 Å². The van der Waals surface area contributed by atoms with Crippen LogP contribution in [0.3, 0.4) is 0 Å². The van der Waals surface area contributed by atoms with E-state index in [1.807, 2.05) is 6.92 Å². The van der Waals surface area contributed by atoms with Crippen molar-refractivity contribution in [3.63, 3.8) is 0 Å². The molecule has 0 aromatic rings. The molecule has 4 N–H and O–H groups in total. The first-order chi connectivity index (χ1) is 8.08. The average molecular weight is 241 g/mol. The summed E-state index contributed by atoms with van der Waals surface area (Å²) >= 11 is 0. The molecule has 0 spiro atoms. The van der Waals surface area contributed by atoms with Gasteiger partial charge in [0.05, 0.1) is 6.10 Å². The summed E-state index contributed by atoms with van der Waals surface area (Å²) in [5.74, 6) is -0.0954. The second kappa shape index (κ2) is 4.52. The number of amides is 1. The number of oxime groups is 1. The van der Waals surface area contributed by atoms with Crippen LogP contribution in [0.15, 0.2) is 5.16 Å². The first-order valence-corrected chi connectivity index (χ1v) is 5.99. The monoisotopic (exact) mass is 241 g/mol. The maximum absolute atomic E-state index is 12.1. The number of carbonyl (C=O) groups excluding carboxylic acids is 1. The molecule has 1 saturated heterocycles. The van der Waals surface area contributed by atoms with E-state index in [1.54, 1.807) is 0 Å². The Morgan fingerprint density at radius 1 is 1.59 bits per heavy atom. The second-order valence-corrected chi connectivity index (χ2v) is 4.94. The smallest absolute Gasteiger partial charge is 0.234 e. The largest absolute Gasteiger partial charge is 0.409 e. The zero-order chi connectivity index (χ0) is 12.5. The molecule has 1 aliphatic carbocycles. The minimum Gasteiger partial charge on any atom is -0.409 e. The Balaban J connectivity index is 1.93. The molecule has 0 radical (unpaired) electrons. The number of nitrogens with one attached hydrogen (secondary N) is 1. The van der Waals surface area contributed by atoms with Gasteiger partial charge < -0.3 is 21.0 Å². The number of ether oxygens (including phenoxy) is 1. The predicted molar refractivity (Wildman–Crippen MR) is 61.7 cm³/mol. The summed E-state index contributed by atoms with van der Waals surface area (Å²) < 4.78 is 5.42. The molecule has 2 atom stereocenters. The third kappa shape index (κ3) is 2.36. The van der Waals surface area contributed by atoms with E-state index in [0.717, 1.165) is 12.8 Å². The summed E-state index contributed by atoms with van der Waals surface area (Å²) in [5.41, 5.74) is 4.81. The van der Waals surface area contributed by atoms with Gasteiger partial charge in [-0.3, -0.25) is 4.79 Å². The lowest BCUT2D eigenvalue weighted by molar-refractivity contribution is -0.125. The molecule has 2 aliphatic rings. The normalized spacial score (nSPS) is 31.9. The number of carbonyl (C=O) groups is 1. The van der Waals surface area contributed by atoms with Gasteiger partial charge in [-0.05, 0) is 32.6 Å². The number of amidine groups is 1. The van der Waals surface area contributed by atoms with Crippen LogP contribution in [-0.2, 0) is 9.53 Å². The Kier molecular flexibility index (Phi) is 3.24. The van der Waals surface area contributed by atoms with E-state index < -0.39 is 5.41 Å². The van der Waals surface area contributed by atoms with Gasteiger partial charge in [0.2, 0.25) is 5.91 Å². The summed E-state index contributed by atoms with van der Waals surface area (Å²) in [7, 11) is 0. The van der Waals surface area contributed by atoms with Gasteiger partial charge in [-0.1, -0.05) is 5.16 Å². The summed E-state index contributed by atoms with van der Waals surface area (Å²) in [6.45, 7) is 2.66. The van der Waals surface area contributed by atoms with Crippen molar-refractivity contribution in [2.45, 2.75) is 44.8 Å². The van der Waals surface area contributed by atoms with Gasteiger partial charge in [0.15, 0.2) is 5.84 Å². The number of rotatable bonds is 3. The van der Waals surface area contributed by atoms with Crippen LogP contribution >= 0.6 is 0 Å². The van der Waals surface area contributed by atoms with Crippen molar-refractivity contribution in [3.8, 4) is 0 Å². The Hall–Kier alpha value is -1.30. The van der Waals surface area contributed by atoms with Gasteiger partial charge >= 0.3 is 0 Å². The minimum absolute atomic E-state index is 0.0232. The van der Waals surface area contributed by atoms with Crippen LogP contribution in [-0.4, -0.2) is 35.7 Å². The van der Waals surface area contributed by atoms with Crippen molar-refractivity contribution < 1.29 is 14.7 Å². The molecule has 6 heteroatoms. The van der Waals surface area contributed by atoms with Crippen LogP contribution in [0.1, 0.15) is 32.6 Å². The Labute approximate surface area is 100 Å². The molecule has 1 amide bonds. The molecule has 0 bridgehead atoms. The molecule has 1 heterocycles. The quantitative estimate of drug-likeness (QED) is 0.284. The van der Waals surface area contributed by atoms with Crippen LogP contribution in [0, 0.1) is 5.41 Å². The van der Waals surface area contributed by atoms with Crippen molar-refractivity contribution in [1.82, 2.24) is 5.32 Å². The molecule has 6 nitrogen and oxygen atoms in total. The second-order valence-electron chi connectivity index (χ2n) is 4.94. The van der Waals surface area contributed by atoms with Crippen LogP contribution in [0.2, 0.25) is 0 Å². The number of hydrogen-bond acceptors (Lipinski definition) is 4. The SMILES string of the molecule is CC1CC(NC(=O)C2(C(N)=NO)CC2)CCO1. The highest BCUT2D eigenvalue weighted by Gasteiger charge is 2.54. The molecular formula is C11H19N3O3. The first kappa shape index (κ1) is 12.2. The fourth-order valence-electron chi connectivity index (χ4n) is 2.27. The van der Waals surface area contributed by atoms with E-state index in [2.05, 4.69) is 10.5 Å². The predicted octanol–water partition coefficient (Wildman–Crippen LogP) is 0.197. The lowest BCUT2D eigenvalue weighted by atomic mass is 10.0. The zero-order valence-electron chi connectivity index (χ0n) is 9.98. The number of nitrogens with zero attached hydrogens (tertiary/aromatic N) is 1. The first-order valence-electron chi connectivity index (χ1n) is 5.99. The number of nitrogens with two attached hydrogens (primary N) is 1. The van der Waals surface area contributed by atoms with Crippen molar-refractivity contribution >= 4 is 11.7 Å². The van der Waals surface area contributed by atoms with Crippen molar-refractivity contribution in [2.75, 3.05) is 6.61 Å². The average Bonchev–Trinajstić information content (AvgIpc) is 3.09. The highest BCUT2D eigenvalue weighted by molar-refractivity contribution is 6.09. The van der Waals surface area contributed by atoms with Crippen LogP contribution in [0.4, 0.5) is 0 Å². The third-order valence-corrected chi connectivity index (χ3v) is 3.60. The molecule has 17 heavy (non-hydrogen) atoms. The molecule has 0 aromatic heterocycles. The topological polar surface area (TPSA) is 96.9 Å².